The van der Waals surface area contributed by atoms with Crippen LogP contribution in [0.3, 0.4) is 0 Å². The average Bonchev–Trinajstić information content (AvgIpc) is 3.71. The topological polar surface area (TPSA) is 95.2 Å². The lowest BCUT2D eigenvalue weighted by Crippen LogP contribution is -2.31. The number of aryl methyl sites for hydroxylation is 4. The smallest absolute Gasteiger partial charge is 0.171 e. The lowest BCUT2D eigenvalue weighted by molar-refractivity contribution is 0.434. The molecule has 0 aliphatic carbocycles. The summed E-state index contributed by atoms with van der Waals surface area (Å²) in [5.74, 6) is -8.11. The maximum absolute atomic E-state index is 13.6. The van der Waals surface area contributed by atoms with E-state index in [1.165, 1.54) is 62.6 Å². The maximum Gasteiger partial charge on any atom is 0.171 e. The molecule has 50 heavy (non-hydrogen) atoms. The van der Waals surface area contributed by atoms with Crippen LogP contribution in [0, 0.1) is 96.3 Å². The van der Waals surface area contributed by atoms with Crippen LogP contribution in [-0.4, -0.2) is 0 Å². The van der Waals surface area contributed by atoms with Gasteiger partial charge in [-0.2, -0.15) is 21.0 Å². The summed E-state index contributed by atoms with van der Waals surface area (Å²) >= 11 is 3.83. The Kier molecular flexibility index (Phi) is 10.3. The summed E-state index contributed by atoms with van der Waals surface area (Å²) < 4.78 is 60.2. The third-order valence-corrected chi connectivity index (χ3v) is 11.0. The monoisotopic (exact) mass is 700 g/mol. The molecule has 5 aromatic carbocycles. The lowest BCUT2D eigenvalue weighted by Gasteiger charge is -2.01. The standard InChI is InChI=1S/2C14H12S.C12F4N4/c2*1-9-5-3-7-11-12-8-4-6-10(2)14(12)15-13(9)11;13-9-7(5(1-17)2-18)10(14)12(16)8(11(9)15)6(3-19)4-20/h2*3-8H,1-2H3;. The molecule has 0 fully saturated rings. The molecule has 7 aromatic rings. The normalized spacial score (nSPS) is 10.3. The largest absolute Gasteiger partial charge is 0.203 e. The highest BCUT2D eigenvalue weighted by Crippen LogP contribution is 2.38. The number of benzene rings is 5. The van der Waals surface area contributed by atoms with Gasteiger partial charge in [0.05, 0.1) is 10.4 Å². The second-order valence-electron chi connectivity index (χ2n) is 11.2. The molecule has 0 N–H and O–H groups in total. The number of hydrogen-bond donors (Lipinski definition) is 0. The van der Waals surface area contributed by atoms with Crippen LogP contribution in [0.4, 0.5) is 17.6 Å². The fourth-order valence-corrected chi connectivity index (χ4v) is 8.02. The number of nitriles is 4. The molecule has 0 radical (unpaired) electrons. The summed E-state index contributed by atoms with van der Waals surface area (Å²) in [4.78, 5) is 0. The van der Waals surface area contributed by atoms with Crippen LogP contribution >= 0.6 is 22.7 Å². The number of thiophene rings is 2. The predicted octanol–water partition coefficient (Wildman–Crippen LogP) is 9.98. The van der Waals surface area contributed by atoms with Gasteiger partial charge >= 0.3 is 0 Å². The Morgan fingerprint density at radius 1 is 0.420 bits per heavy atom. The van der Waals surface area contributed by atoms with Gasteiger partial charge in [-0.25, -0.2) is 17.6 Å². The number of rotatable bonds is 0. The molecular formula is C40H24F4N4S2. The molecule has 0 atom stereocenters. The summed E-state index contributed by atoms with van der Waals surface area (Å²) in [6.07, 6.45) is 0. The molecule has 7 rings (SSSR count). The highest BCUT2D eigenvalue weighted by Gasteiger charge is 2.22. The van der Waals surface area contributed by atoms with Gasteiger partial charge < -0.3 is 0 Å². The van der Waals surface area contributed by atoms with E-state index in [0.717, 1.165) is 24.3 Å². The first-order valence-electron chi connectivity index (χ1n) is 14.9. The third-order valence-electron chi connectivity index (χ3n) is 8.05. The van der Waals surface area contributed by atoms with Gasteiger partial charge in [0.25, 0.3) is 0 Å². The minimum absolute atomic E-state index is 1.09. The zero-order valence-corrected chi connectivity index (χ0v) is 28.7. The molecule has 0 spiro atoms. The van der Waals surface area contributed by atoms with E-state index in [1.54, 1.807) is 0 Å². The molecule has 0 amide bonds. The van der Waals surface area contributed by atoms with E-state index >= 15 is 0 Å². The number of hydrogen-bond acceptors (Lipinski definition) is 6. The zero-order chi connectivity index (χ0) is 36.3. The second-order valence-corrected chi connectivity index (χ2v) is 13.3. The van der Waals surface area contributed by atoms with Crippen molar-refractivity contribution in [2.75, 3.05) is 0 Å². The van der Waals surface area contributed by atoms with Crippen molar-refractivity contribution in [1.82, 2.24) is 0 Å². The van der Waals surface area contributed by atoms with Crippen molar-refractivity contribution in [1.29, 1.82) is 21.0 Å². The van der Waals surface area contributed by atoms with E-state index in [9.17, 15) is 17.6 Å². The Morgan fingerprint density at radius 3 is 0.840 bits per heavy atom. The molecule has 0 saturated heterocycles. The van der Waals surface area contributed by atoms with Crippen LogP contribution in [0.2, 0.25) is 0 Å². The van der Waals surface area contributed by atoms with Gasteiger partial charge in [0, 0.05) is 40.3 Å². The van der Waals surface area contributed by atoms with Crippen molar-refractivity contribution in [3.05, 3.63) is 129 Å². The van der Waals surface area contributed by atoms with Gasteiger partial charge in [0.2, 0.25) is 0 Å². The number of nitrogens with zero attached hydrogens (tertiary/aromatic N) is 4. The Labute approximate surface area is 292 Å². The molecule has 244 valence electrons. The first kappa shape index (κ1) is 35.3. The minimum Gasteiger partial charge on any atom is -0.203 e. The first-order valence-corrected chi connectivity index (χ1v) is 16.6. The fraction of sp³-hybridized carbons (Fsp3) is 0.100. The molecule has 0 saturated carbocycles. The van der Waals surface area contributed by atoms with Gasteiger partial charge in [0.15, 0.2) is 23.3 Å². The lowest BCUT2D eigenvalue weighted by atomic mass is 10.1. The molecule has 2 heterocycles. The van der Waals surface area contributed by atoms with Crippen LogP contribution < -0.4 is 10.4 Å². The van der Waals surface area contributed by atoms with Crippen LogP contribution in [0.1, 0.15) is 22.3 Å². The van der Waals surface area contributed by atoms with Crippen molar-refractivity contribution in [3.63, 3.8) is 0 Å². The minimum atomic E-state index is -2.03. The highest BCUT2D eigenvalue weighted by molar-refractivity contribution is 7.26. The van der Waals surface area contributed by atoms with E-state index in [-0.39, 0.29) is 0 Å². The van der Waals surface area contributed by atoms with Gasteiger partial charge in [0.1, 0.15) is 35.4 Å². The van der Waals surface area contributed by atoms with Crippen LogP contribution in [-0.2, 0) is 0 Å². The summed E-state index contributed by atoms with van der Waals surface area (Å²) in [5, 5.41) is 36.6. The van der Waals surface area contributed by atoms with E-state index < -0.39 is 44.9 Å². The van der Waals surface area contributed by atoms with E-state index in [4.69, 9.17) is 21.0 Å². The molecule has 0 bridgehead atoms. The first-order chi connectivity index (χ1) is 24.0. The van der Waals surface area contributed by atoms with Crippen molar-refractivity contribution >= 4 is 74.2 Å². The van der Waals surface area contributed by atoms with E-state index in [2.05, 4.69) is 100 Å². The summed E-state index contributed by atoms with van der Waals surface area (Å²) in [6.45, 7) is 8.75. The molecule has 10 heteroatoms. The molecule has 0 unspecified atom stereocenters. The van der Waals surface area contributed by atoms with Crippen molar-refractivity contribution < 1.29 is 17.6 Å². The Bertz CT molecular complexity index is 2430. The van der Waals surface area contributed by atoms with Crippen molar-refractivity contribution in [3.8, 4) is 24.3 Å². The Balaban J connectivity index is 0.000000147. The van der Waals surface area contributed by atoms with E-state index in [0.29, 0.717) is 0 Å². The summed E-state index contributed by atoms with van der Waals surface area (Å²) in [6, 6.07) is 30.6. The number of halogens is 4. The molecule has 0 aliphatic heterocycles. The zero-order valence-electron chi connectivity index (χ0n) is 27.0. The van der Waals surface area contributed by atoms with Crippen molar-refractivity contribution in [2.24, 2.45) is 0 Å². The third kappa shape index (κ3) is 6.27. The van der Waals surface area contributed by atoms with Crippen LogP contribution in [0.25, 0.3) is 51.5 Å². The Morgan fingerprint density at radius 2 is 0.640 bits per heavy atom. The van der Waals surface area contributed by atoms with Crippen LogP contribution in [0.15, 0.2) is 72.8 Å². The maximum atomic E-state index is 13.6. The van der Waals surface area contributed by atoms with Gasteiger partial charge in [-0.05, 0) is 49.9 Å². The van der Waals surface area contributed by atoms with Gasteiger partial charge in [-0.3, -0.25) is 0 Å². The fourth-order valence-electron chi connectivity index (χ4n) is 5.55. The van der Waals surface area contributed by atoms with Gasteiger partial charge in [-0.1, -0.05) is 72.8 Å². The molecule has 2 aromatic heterocycles. The second kappa shape index (κ2) is 14.6. The SMILES string of the molecule is Cc1cccc2c1sc1c(C)cccc12.Cc1cccc2c1sc1c(C)cccc12.N#CC(C#N)=c1c(F)c(F)c(=C(C#N)C#N)c(F)c1F. The number of fused-ring (bicyclic) bond motifs is 6. The summed E-state index contributed by atoms with van der Waals surface area (Å²) in [7, 11) is 0. The van der Waals surface area contributed by atoms with Crippen molar-refractivity contribution in [2.45, 2.75) is 27.7 Å². The average molecular weight is 701 g/mol. The predicted molar refractivity (Wildman–Crippen MR) is 192 cm³/mol. The molecular weight excluding hydrogens is 677 g/mol. The Hall–Kier alpha value is -6.04. The molecule has 4 nitrogen and oxygen atoms in total. The van der Waals surface area contributed by atoms with Gasteiger partial charge in [-0.15, -0.1) is 22.7 Å². The van der Waals surface area contributed by atoms with E-state index in [1.807, 2.05) is 22.7 Å². The quantitative estimate of drug-likeness (QED) is 0.116. The molecule has 0 aliphatic rings. The summed E-state index contributed by atoms with van der Waals surface area (Å²) in [5.41, 5.74) is 3.17. The van der Waals surface area contributed by atoms with Crippen LogP contribution in [0.5, 0.6) is 0 Å². The highest BCUT2D eigenvalue weighted by atomic mass is 32.1.